The predicted octanol–water partition coefficient (Wildman–Crippen LogP) is 3.19. The Bertz CT molecular complexity index is 642. The molecule has 0 bridgehead atoms. The monoisotopic (exact) mass is 339 g/mol. The summed E-state index contributed by atoms with van der Waals surface area (Å²) in [6, 6.07) is 6.50. The minimum Gasteiger partial charge on any atom is -0.349 e. The molecule has 2 N–H and O–H groups in total. The van der Waals surface area contributed by atoms with E-state index < -0.39 is 0 Å². The van der Waals surface area contributed by atoms with E-state index in [1.807, 2.05) is 19.4 Å². The van der Waals surface area contributed by atoms with Crippen molar-refractivity contribution in [1.82, 2.24) is 15.6 Å². The summed E-state index contributed by atoms with van der Waals surface area (Å²) in [4.78, 5) is 16.5. The smallest absolute Gasteiger partial charge is 0.270 e. The number of carbonyl (C=O) groups excluding carboxylic acids is 1. The van der Waals surface area contributed by atoms with Gasteiger partial charge < -0.3 is 10.6 Å². The predicted molar refractivity (Wildman–Crippen MR) is 95.1 cm³/mol. The number of thiazole rings is 1. The maximum atomic E-state index is 12.1. The van der Waals surface area contributed by atoms with Gasteiger partial charge in [0.2, 0.25) is 0 Å². The molecule has 1 heterocycles. The average molecular weight is 340 g/mol. The SMILES string of the molecule is CNC(C)CNC(=O)c1csc(-c2ccc(C)cc2C)n1.Cl. The summed E-state index contributed by atoms with van der Waals surface area (Å²) in [5.41, 5.74) is 3.98. The zero-order valence-corrected chi connectivity index (χ0v) is 14.9. The third kappa shape index (κ3) is 4.53. The van der Waals surface area contributed by atoms with E-state index in [2.05, 4.69) is 47.7 Å². The van der Waals surface area contributed by atoms with Crippen LogP contribution in [-0.2, 0) is 0 Å². The summed E-state index contributed by atoms with van der Waals surface area (Å²) in [5.74, 6) is -0.121. The molecule has 22 heavy (non-hydrogen) atoms. The molecule has 2 rings (SSSR count). The van der Waals surface area contributed by atoms with Gasteiger partial charge in [-0.05, 0) is 33.4 Å². The first kappa shape index (κ1) is 18.6. The van der Waals surface area contributed by atoms with Crippen LogP contribution < -0.4 is 10.6 Å². The van der Waals surface area contributed by atoms with Crippen LogP contribution in [0.2, 0.25) is 0 Å². The van der Waals surface area contributed by atoms with E-state index in [9.17, 15) is 4.79 Å². The summed E-state index contributed by atoms with van der Waals surface area (Å²) >= 11 is 1.50. The van der Waals surface area contributed by atoms with Crippen LogP contribution >= 0.6 is 23.7 Å². The van der Waals surface area contributed by atoms with Gasteiger partial charge in [-0.2, -0.15) is 0 Å². The molecule has 0 aliphatic carbocycles. The van der Waals surface area contributed by atoms with Gasteiger partial charge >= 0.3 is 0 Å². The van der Waals surface area contributed by atoms with Crippen molar-refractivity contribution in [2.24, 2.45) is 0 Å². The standard InChI is InChI=1S/C16H21N3OS.ClH/c1-10-5-6-13(11(2)7-10)16-19-14(9-21-16)15(20)18-8-12(3)17-4;/h5-7,9,12,17H,8H2,1-4H3,(H,18,20);1H. The lowest BCUT2D eigenvalue weighted by Crippen LogP contribution is -2.37. The highest BCUT2D eigenvalue weighted by molar-refractivity contribution is 7.13. The fourth-order valence-corrected chi connectivity index (χ4v) is 2.88. The van der Waals surface area contributed by atoms with E-state index in [4.69, 9.17) is 0 Å². The Balaban J connectivity index is 0.00000242. The first-order valence-electron chi connectivity index (χ1n) is 7.00. The quantitative estimate of drug-likeness (QED) is 0.879. The summed E-state index contributed by atoms with van der Waals surface area (Å²) < 4.78 is 0. The lowest BCUT2D eigenvalue weighted by Gasteiger charge is -2.10. The second-order valence-corrected chi connectivity index (χ2v) is 6.11. The fraction of sp³-hybridized carbons (Fsp3) is 0.375. The molecule has 4 nitrogen and oxygen atoms in total. The summed E-state index contributed by atoms with van der Waals surface area (Å²) in [6.45, 7) is 6.74. The number of nitrogens with one attached hydrogen (secondary N) is 2. The Morgan fingerprint density at radius 2 is 2.09 bits per heavy atom. The highest BCUT2D eigenvalue weighted by atomic mass is 35.5. The molecule has 120 valence electrons. The molecule has 1 aromatic carbocycles. The Labute approximate surface area is 141 Å². The summed E-state index contributed by atoms with van der Waals surface area (Å²) in [7, 11) is 1.87. The number of carbonyl (C=O) groups is 1. The van der Waals surface area contributed by atoms with E-state index in [0.29, 0.717) is 12.2 Å². The van der Waals surface area contributed by atoms with Crippen LogP contribution in [0.25, 0.3) is 10.6 Å². The van der Waals surface area contributed by atoms with Crippen LogP contribution in [0, 0.1) is 13.8 Å². The number of nitrogens with zero attached hydrogens (tertiary/aromatic N) is 1. The second-order valence-electron chi connectivity index (χ2n) is 5.26. The van der Waals surface area contributed by atoms with Gasteiger partial charge in [0.25, 0.3) is 5.91 Å². The molecule has 0 radical (unpaired) electrons. The molecule has 0 aliphatic rings. The van der Waals surface area contributed by atoms with Crippen molar-refractivity contribution in [2.45, 2.75) is 26.8 Å². The number of hydrogen-bond donors (Lipinski definition) is 2. The molecule has 0 fully saturated rings. The maximum Gasteiger partial charge on any atom is 0.270 e. The van der Waals surface area contributed by atoms with E-state index in [0.717, 1.165) is 10.6 Å². The van der Waals surface area contributed by atoms with Crippen molar-refractivity contribution in [1.29, 1.82) is 0 Å². The number of rotatable bonds is 5. The minimum atomic E-state index is -0.121. The van der Waals surface area contributed by atoms with E-state index in [1.165, 1.54) is 22.5 Å². The second kappa shape index (κ2) is 8.27. The molecule has 1 atom stereocenters. The molecular formula is C16H22ClN3OS. The van der Waals surface area contributed by atoms with Crippen LogP contribution in [0.15, 0.2) is 23.6 Å². The minimum absolute atomic E-state index is 0. The molecule has 0 spiro atoms. The van der Waals surface area contributed by atoms with Gasteiger partial charge in [-0.3, -0.25) is 4.79 Å². The van der Waals surface area contributed by atoms with Gasteiger partial charge in [-0.1, -0.05) is 23.8 Å². The van der Waals surface area contributed by atoms with Crippen molar-refractivity contribution in [3.05, 3.63) is 40.4 Å². The van der Waals surface area contributed by atoms with E-state index >= 15 is 0 Å². The fourth-order valence-electron chi connectivity index (χ4n) is 1.99. The number of likely N-dealkylation sites (N-methyl/N-ethyl adjacent to an activating group) is 1. The van der Waals surface area contributed by atoms with Crippen molar-refractivity contribution in [3.63, 3.8) is 0 Å². The number of hydrogen-bond acceptors (Lipinski definition) is 4. The molecule has 0 saturated carbocycles. The van der Waals surface area contributed by atoms with E-state index in [1.54, 1.807) is 0 Å². The van der Waals surface area contributed by atoms with Gasteiger partial charge in [0.15, 0.2) is 0 Å². The number of halogens is 1. The molecule has 6 heteroatoms. The van der Waals surface area contributed by atoms with Crippen LogP contribution in [0.5, 0.6) is 0 Å². The number of benzene rings is 1. The van der Waals surface area contributed by atoms with Crippen LogP contribution in [0.4, 0.5) is 0 Å². The normalized spacial score (nSPS) is 11.6. The lowest BCUT2D eigenvalue weighted by molar-refractivity contribution is 0.0946. The third-order valence-electron chi connectivity index (χ3n) is 3.41. The van der Waals surface area contributed by atoms with Crippen molar-refractivity contribution < 1.29 is 4.79 Å². The molecular weight excluding hydrogens is 318 g/mol. The molecule has 2 aromatic rings. The van der Waals surface area contributed by atoms with Gasteiger partial charge in [0.05, 0.1) is 0 Å². The first-order chi connectivity index (χ1) is 10.0. The Morgan fingerprint density at radius 3 is 2.73 bits per heavy atom. The number of aromatic nitrogens is 1. The zero-order valence-electron chi connectivity index (χ0n) is 13.3. The zero-order chi connectivity index (χ0) is 15.4. The summed E-state index contributed by atoms with van der Waals surface area (Å²) in [5, 5.41) is 8.67. The number of amides is 1. The summed E-state index contributed by atoms with van der Waals surface area (Å²) in [6.07, 6.45) is 0. The molecule has 0 aliphatic heterocycles. The van der Waals surface area contributed by atoms with Crippen molar-refractivity contribution >= 4 is 29.7 Å². The van der Waals surface area contributed by atoms with Gasteiger partial charge in [0, 0.05) is 23.5 Å². The van der Waals surface area contributed by atoms with Crippen molar-refractivity contribution in [3.8, 4) is 10.6 Å². The molecule has 1 amide bonds. The largest absolute Gasteiger partial charge is 0.349 e. The molecule has 0 saturated heterocycles. The molecule has 1 unspecified atom stereocenters. The number of aryl methyl sites for hydroxylation is 2. The van der Waals surface area contributed by atoms with Gasteiger partial charge in [-0.25, -0.2) is 4.98 Å². The topological polar surface area (TPSA) is 54.0 Å². The first-order valence-corrected chi connectivity index (χ1v) is 7.88. The third-order valence-corrected chi connectivity index (χ3v) is 4.29. The average Bonchev–Trinajstić information content (AvgIpc) is 2.93. The lowest BCUT2D eigenvalue weighted by atomic mass is 10.1. The Morgan fingerprint density at radius 1 is 1.36 bits per heavy atom. The van der Waals surface area contributed by atoms with E-state index in [-0.39, 0.29) is 24.4 Å². The van der Waals surface area contributed by atoms with Gasteiger partial charge in [-0.15, -0.1) is 23.7 Å². The van der Waals surface area contributed by atoms with Crippen molar-refractivity contribution in [2.75, 3.05) is 13.6 Å². The highest BCUT2D eigenvalue weighted by Gasteiger charge is 2.13. The maximum absolute atomic E-state index is 12.1. The van der Waals surface area contributed by atoms with Gasteiger partial charge in [0.1, 0.15) is 10.7 Å². The Kier molecular flexibility index (Phi) is 7.00. The highest BCUT2D eigenvalue weighted by Crippen LogP contribution is 2.27. The van der Waals surface area contributed by atoms with Crippen LogP contribution in [0.1, 0.15) is 28.5 Å². The van der Waals surface area contributed by atoms with Crippen LogP contribution in [0.3, 0.4) is 0 Å². The Hall–Kier alpha value is -1.43. The van der Waals surface area contributed by atoms with Crippen LogP contribution in [-0.4, -0.2) is 30.5 Å². The molecule has 1 aromatic heterocycles.